The van der Waals surface area contributed by atoms with Gasteiger partial charge in [0.05, 0.1) is 18.9 Å². The highest BCUT2D eigenvalue weighted by atomic mass is 16.9. The third-order valence-corrected chi connectivity index (χ3v) is 6.10. The molecular formula is C22H27N7O5. The predicted molar refractivity (Wildman–Crippen MR) is 122 cm³/mol. The molecular weight excluding hydrogens is 442 g/mol. The van der Waals surface area contributed by atoms with E-state index in [0.29, 0.717) is 36.5 Å². The van der Waals surface area contributed by atoms with Crippen molar-refractivity contribution in [3.63, 3.8) is 0 Å². The Balaban J connectivity index is 1.54. The third kappa shape index (κ3) is 5.03. The topological polar surface area (TPSA) is 152 Å². The molecule has 0 unspecified atom stereocenters. The monoisotopic (exact) mass is 469 g/mol. The Morgan fingerprint density at radius 1 is 1.41 bits per heavy atom. The zero-order chi connectivity index (χ0) is 24.1. The number of hydrogen-bond acceptors (Lipinski definition) is 9. The van der Waals surface area contributed by atoms with Crippen LogP contribution in [0.5, 0.6) is 0 Å². The van der Waals surface area contributed by atoms with E-state index in [1.807, 2.05) is 16.9 Å². The van der Waals surface area contributed by atoms with E-state index in [1.54, 1.807) is 13.1 Å². The highest BCUT2D eigenvalue weighted by Gasteiger charge is 2.28. The van der Waals surface area contributed by atoms with Gasteiger partial charge in [0.15, 0.2) is 11.9 Å². The number of pyridine rings is 1. The van der Waals surface area contributed by atoms with E-state index in [2.05, 4.69) is 25.9 Å². The average Bonchev–Trinajstić information content (AvgIpc) is 3.44. The fourth-order valence-corrected chi connectivity index (χ4v) is 4.39. The summed E-state index contributed by atoms with van der Waals surface area (Å²) in [6.07, 6.45) is 6.23. The number of aromatic amines is 1. The van der Waals surface area contributed by atoms with Gasteiger partial charge >= 0.3 is 5.97 Å². The van der Waals surface area contributed by atoms with Crippen LogP contribution in [0.1, 0.15) is 57.4 Å². The summed E-state index contributed by atoms with van der Waals surface area (Å²) in [7, 11) is 0. The van der Waals surface area contributed by atoms with Gasteiger partial charge in [0.2, 0.25) is 0 Å². The van der Waals surface area contributed by atoms with Crippen LogP contribution in [-0.4, -0.2) is 50.4 Å². The first kappa shape index (κ1) is 23.3. The lowest BCUT2D eigenvalue weighted by atomic mass is 9.95. The Kier molecular flexibility index (Phi) is 7.10. The van der Waals surface area contributed by atoms with Gasteiger partial charge in [-0.15, -0.1) is 10.1 Å². The summed E-state index contributed by atoms with van der Waals surface area (Å²) < 4.78 is 7.72. The molecule has 1 atom stereocenters. The number of ether oxygens (including phenoxy) is 1. The number of piperidine rings is 1. The number of nitrogens with one attached hydrogen (secondary N) is 1. The van der Waals surface area contributed by atoms with Gasteiger partial charge in [-0.3, -0.25) is 4.79 Å². The number of H-pyrrole nitrogens is 1. The lowest BCUT2D eigenvalue weighted by Crippen LogP contribution is -2.43. The third-order valence-electron chi connectivity index (χ3n) is 6.10. The number of aromatic nitrogens is 4. The molecule has 1 aliphatic heterocycles. The van der Waals surface area contributed by atoms with Gasteiger partial charge in [0.25, 0.3) is 5.09 Å². The maximum absolute atomic E-state index is 12.4. The first-order chi connectivity index (χ1) is 16.5. The maximum Gasteiger partial charge on any atom is 0.306 e. The number of nitrogens with zero attached hydrogens (tertiary/aromatic N) is 6. The molecule has 1 fully saturated rings. The molecule has 12 nitrogen and oxygen atoms in total. The Bertz CT molecular complexity index is 1210. The Morgan fingerprint density at radius 2 is 2.21 bits per heavy atom. The van der Waals surface area contributed by atoms with E-state index in [0.717, 1.165) is 42.5 Å². The van der Waals surface area contributed by atoms with E-state index >= 15 is 0 Å². The summed E-state index contributed by atoms with van der Waals surface area (Å²) >= 11 is 0. The summed E-state index contributed by atoms with van der Waals surface area (Å²) in [6, 6.07) is 4.23. The highest BCUT2D eigenvalue weighted by Crippen LogP contribution is 2.30. The van der Waals surface area contributed by atoms with E-state index in [4.69, 9.17) is 15.0 Å². The number of nitriles is 1. The van der Waals surface area contributed by atoms with Gasteiger partial charge in [0, 0.05) is 37.5 Å². The molecule has 180 valence electrons. The molecule has 4 rings (SSSR count). The molecule has 3 aromatic rings. The summed E-state index contributed by atoms with van der Waals surface area (Å²) in [5, 5.41) is 21.5. The van der Waals surface area contributed by atoms with Crippen molar-refractivity contribution in [2.45, 2.75) is 51.6 Å². The van der Waals surface area contributed by atoms with Gasteiger partial charge in [0.1, 0.15) is 16.7 Å². The number of imidazole rings is 1. The smallest absolute Gasteiger partial charge is 0.306 e. The lowest BCUT2D eigenvalue weighted by Gasteiger charge is -2.35. The molecule has 0 spiro atoms. The number of unbranched alkanes of at least 4 members (excludes halogenated alkanes) is 1. The molecule has 1 saturated heterocycles. The molecule has 4 heterocycles. The number of fused-ring (bicyclic) bond motifs is 3. The molecule has 0 aliphatic carbocycles. The van der Waals surface area contributed by atoms with Crippen LogP contribution in [0.3, 0.4) is 0 Å². The van der Waals surface area contributed by atoms with Crippen LogP contribution in [0.4, 0.5) is 0 Å². The zero-order valence-electron chi connectivity index (χ0n) is 19.0. The molecule has 3 aromatic heterocycles. The van der Waals surface area contributed by atoms with Crippen molar-refractivity contribution >= 4 is 28.0 Å². The van der Waals surface area contributed by atoms with Crippen LogP contribution in [0.25, 0.3) is 22.1 Å². The number of hydrogen-bond donors (Lipinski definition) is 1. The van der Waals surface area contributed by atoms with Crippen molar-refractivity contribution in [2.75, 3.05) is 24.7 Å². The van der Waals surface area contributed by atoms with Crippen LogP contribution < -0.4 is 5.01 Å². The molecule has 1 N–H and O–H groups in total. The normalized spacial score (nSPS) is 15.4. The zero-order valence-corrected chi connectivity index (χ0v) is 19.0. The van der Waals surface area contributed by atoms with Crippen molar-refractivity contribution in [1.82, 2.24) is 19.6 Å². The van der Waals surface area contributed by atoms with E-state index in [-0.39, 0.29) is 13.0 Å². The highest BCUT2D eigenvalue weighted by molar-refractivity contribution is 6.01. The lowest BCUT2D eigenvalue weighted by molar-refractivity contribution is -0.757. The minimum Gasteiger partial charge on any atom is -0.454 e. The number of carbonyl (C=O) groups is 1. The average molecular weight is 470 g/mol. The van der Waals surface area contributed by atoms with Crippen LogP contribution in [0.2, 0.25) is 0 Å². The molecule has 0 radical (unpaired) electrons. The summed E-state index contributed by atoms with van der Waals surface area (Å²) in [5.41, 5.74) is 2.36. The first-order valence-electron chi connectivity index (χ1n) is 11.4. The largest absolute Gasteiger partial charge is 0.454 e. The van der Waals surface area contributed by atoms with Gasteiger partial charge in [-0.2, -0.15) is 5.26 Å². The molecule has 0 bridgehead atoms. The fraction of sp³-hybridized carbons (Fsp3) is 0.545. The number of esters is 1. The van der Waals surface area contributed by atoms with Crippen molar-refractivity contribution < 1.29 is 19.5 Å². The minimum absolute atomic E-state index is 0.0486. The standard InChI is InChI=1S/C22H27N7O5/c1-15(34-19(30)4-2-3-13-33-29(31)32)22-26-18-14-25-21-17(6-10-24-21)20(18)28(22)27-11-7-16(5-9-23)8-12-27/h6,10,14-16H,2-5,7-8,11-13H2,1H3,(H,24,25)/t15-/m1/s1. The Hall–Kier alpha value is -3.88. The molecule has 34 heavy (non-hydrogen) atoms. The second-order valence-corrected chi connectivity index (χ2v) is 8.42. The molecule has 0 aromatic carbocycles. The molecule has 0 amide bonds. The second kappa shape index (κ2) is 10.4. The fourth-order valence-electron chi connectivity index (χ4n) is 4.39. The van der Waals surface area contributed by atoms with Crippen LogP contribution in [-0.2, 0) is 14.4 Å². The van der Waals surface area contributed by atoms with E-state index < -0.39 is 17.2 Å². The van der Waals surface area contributed by atoms with E-state index in [1.165, 1.54) is 0 Å². The first-order valence-corrected chi connectivity index (χ1v) is 11.4. The summed E-state index contributed by atoms with van der Waals surface area (Å²) in [6.45, 7) is 3.26. The van der Waals surface area contributed by atoms with Gasteiger partial charge in [-0.1, -0.05) is 0 Å². The van der Waals surface area contributed by atoms with Crippen molar-refractivity contribution in [1.29, 1.82) is 5.26 Å². The van der Waals surface area contributed by atoms with Gasteiger partial charge < -0.3 is 19.6 Å². The Labute approximate surface area is 195 Å². The van der Waals surface area contributed by atoms with Crippen LogP contribution in [0.15, 0.2) is 18.5 Å². The van der Waals surface area contributed by atoms with Gasteiger partial charge in [-0.05, 0) is 44.6 Å². The van der Waals surface area contributed by atoms with Crippen molar-refractivity contribution in [3.8, 4) is 6.07 Å². The SMILES string of the molecule is C[C@@H](OC(=O)CCCCO[N+](=O)[O-])c1nc2cnc3[nH]ccc3c2n1N1CCC(CC#N)CC1. The summed E-state index contributed by atoms with van der Waals surface area (Å²) in [4.78, 5) is 39.2. The predicted octanol–water partition coefficient (Wildman–Crippen LogP) is 3.16. The van der Waals surface area contributed by atoms with Gasteiger partial charge in [-0.25, -0.2) is 14.6 Å². The number of carbonyl (C=O) groups excluding carboxylic acids is 1. The number of rotatable bonds is 10. The Morgan fingerprint density at radius 3 is 2.94 bits per heavy atom. The summed E-state index contributed by atoms with van der Waals surface area (Å²) in [5.74, 6) is 0.585. The maximum atomic E-state index is 12.4. The minimum atomic E-state index is -0.843. The quantitative estimate of drug-likeness (QED) is 0.204. The second-order valence-electron chi connectivity index (χ2n) is 8.42. The van der Waals surface area contributed by atoms with Crippen molar-refractivity contribution in [3.05, 3.63) is 34.4 Å². The van der Waals surface area contributed by atoms with E-state index in [9.17, 15) is 14.9 Å². The molecule has 0 saturated carbocycles. The van der Waals surface area contributed by atoms with Crippen LogP contribution >= 0.6 is 0 Å². The molecule has 12 heteroatoms. The van der Waals surface area contributed by atoms with Crippen LogP contribution in [0, 0.1) is 27.4 Å². The van der Waals surface area contributed by atoms with Crippen molar-refractivity contribution in [2.24, 2.45) is 5.92 Å². The molecule has 1 aliphatic rings.